The summed E-state index contributed by atoms with van der Waals surface area (Å²) in [5, 5.41) is 10.4. The highest BCUT2D eigenvalue weighted by atomic mass is 16.2. The zero-order chi connectivity index (χ0) is 22.6. The predicted molar refractivity (Wildman–Crippen MR) is 124 cm³/mol. The number of hydrogen-bond acceptors (Lipinski definition) is 3. The Balaban J connectivity index is 1.76. The maximum Gasteiger partial charge on any atom is 0.322 e. The third-order valence-corrected chi connectivity index (χ3v) is 4.84. The fourth-order valence-corrected chi connectivity index (χ4v) is 3.03. The molecule has 7 nitrogen and oxygen atoms in total. The average Bonchev–Trinajstić information content (AvgIpc) is 3.13. The molecular weight excluding hydrogens is 390 g/mol. The Morgan fingerprint density at radius 2 is 1.65 bits per heavy atom. The summed E-state index contributed by atoms with van der Waals surface area (Å²) in [7, 11) is 1.58. The third kappa shape index (κ3) is 5.51. The molecule has 0 saturated carbocycles. The van der Waals surface area contributed by atoms with E-state index in [1.54, 1.807) is 23.9 Å². The summed E-state index contributed by atoms with van der Waals surface area (Å²) in [5.74, 6) is 0.266. The molecule has 3 aromatic rings. The molecule has 0 spiro atoms. The molecular formula is C24H29N5O2. The van der Waals surface area contributed by atoms with E-state index in [1.165, 1.54) is 4.90 Å². The van der Waals surface area contributed by atoms with Gasteiger partial charge in [-0.3, -0.25) is 4.79 Å². The minimum atomic E-state index is -0.357. The Morgan fingerprint density at radius 3 is 2.29 bits per heavy atom. The van der Waals surface area contributed by atoms with Crippen molar-refractivity contribution in [2.75, 3.05) is 24.2 Å². The predicted octanol–water partition coefficient (Wildman–Crippen LogP) is 4.58. The Bertz CT molecular complexity index is 1070. The van der Waals surface area contributed by atoms with Crippen LogP contribution in [0.4, 0.5) is 16.3 Å². The van der Waals surface area contributed by atoms with Crippen molar-refractivity contribution in [3.05, 3.63) is 71.9 Å². The van der Waals surface area contributed by atoms with Gasteiger partial charge in [0.1, 0.15) is 12.4 Å². The smallest absolute Gasteiger partial charge is 0.318 e. The summed E-state index contributed by atoms with van der Waals surface area (Å²) in [4.78, 5) is 26.5. The normalized spacial score (nSPS) is 11.1. The molecule has 0 bridgehead atoms. The second kappa shape index (κ2) is 9.04. The zero-order valence-electron chi connectivity index (χ0n) is 18.6. The first-order valence-electron chi connectivity index (χ1n) is 10.2. The number of nitrogens with one attached hydrogen (secondary N) is 2. The molecule has 3 rings (SSSR count). The van der Waals surface area contributed by atoms with Gasteiger partial charge in [-0.2, -0.15) is 5.10 Å². The van der Waals surface area contributed by atoms with Crippen molar-refractivity contribution in [2.45, 2.75) is 33.1 Å². The largest absolute Gasteiger partial charge is 0.322 e. The van der Waals surface area contributed by atoms with Gasteiger partial charge in [-0.25, -0.2) is 9.48 Å². The van der Waals surface area contributed by atoms with Crippen molar-refractivity contribution in [1.82, 2.24) is 14.7 Å². The summed E-state index contributed by atoms with van der Waals surface area (Å²) in [6, 6.07) is 18.5. The summed E-state index contributed by atoms with van der Waals surface area (Å²) in [5.41, 5.74) is 3.29. The van der Waals surface area contributed by atoms with E-state index < -0.39 is 0 Å². The summed E-state index contributed by atoms with van der Waals surface area (Å²) in [6.45, 7) is 8.13. The monoisotopic (exact) mass is 419 g/mol. The molecule has 2 N–H and O–H groups in total. The maximum atomic E-state index is 12.7. The summed E-state index contributed by atoms with van der Waals surface area (Å²) < 4.78 is 1.75. The van der Waals surface area contributed by atoms with Crippen molar-refractivity contribution in [1.29, 1.82) is 0 Å². The fourth-order valence-electron chi connectivity index (χ4n) is 3.03. The first-order valence-corrected chi connectivity index (χ1v) is 10.2. The van der Waals surface area contributed by atoms with E-state index in [0.29, 0.717) is 11.5 Å². The number of aromatic nitrogens is 2. The molecule has 3 amide bonds. The molecule has 0 radical (unpaired) electrons. The van der Waals surface area contributed by atoms with Crippen LogP contribution in [0.5, 0.6) is 0 Å². The summed E-state index contributed by atoms with van der Waals surface area (Å²) >= 11 is 0. The first kappa shape index (κ1) is 22.1. The van der Waals surface area contributed by atoms with Gasteiger partial charge < -0.3 is 15.5 Å². The van der Waals surface area contributed by atoms with Crippen LogP contribution >= 0.6 is 0 Å². The molecule has 1 aromatic heterocycles. The topological polar surface area (TPSA) is 79.3 Å². The molecule has 162 valence electrons. The zero-order valence-corrected chi connectivity index (χ0v) is 18.6. The van der Waals surface area contributed by atoms with E-state index in [9.17, 15) is 9.59 Å². The number of hydrogen-bond donors (Lipinski definition) is 2. The quantitative estimate of drug-likeness (QED) is 0.635. The molecule has 0 saturated heterocycles. The Kier molecular flexibility index (Phi) is 6.44. The minimum absolute atomic E-state index is 0.0948. The number of benzene rings is 2. The average molecular weight is 420 g/mol. The summed E-state index contributed by atoms with van der Waals surface area (Å²) in [6.07, 6.45) is 0. The first-order chi connectivity index (χ1) is 14.6. The van der Waals surface area contributed by atoms with Gasteiger partial charge in [-0.15, -0.1) is 0 Å². The molecule has 0 aliphatic carbocycles. The number of anilines is 2. The van der Waals surface area contributed by atoms with Gasteiger partial charge in [0, 0.05) is 24.2 Å². The molecule has 31 heavy (non-hydrogen) atoms. The van der Waals surface area contributed by atoms with E-state index >= 15 is 0 Å². The molecule has 1 heterocycles. The molecule has 0 fully saturated rings. The van der Waals surface area contributed by atoms with E-state index in [0.717, 1.165) is 16.9 Å². The molecule has 0 aliphatic heterocycles. The van der Waals surface area contributed by atoms with Gasteiger partial charge in [0.25, 0.3) is 0 Å². The van der Waals surface area contributed by atoms with E-state index in [1.807, 2.05) is 55.5 Å². The van der Waals surface area contributed by atoms with Crippen LogP contribution in [0.25, 0.3) is 5.69 Å². The van der Waals surface area contributed by atoms with Crippen molar-refractivity contribution < 1.29 is 9.59 Å². The number of para-hydroxylation sites is 2. The lowest BCUT2D eigenvalue weighted by molar-refractivity contribution is -0.116. The lowest BCUT2D eigenvalue weighted by atomic mass is 9.92. The van der Waals surface area contributed by atoms with Gasteiger partial charge in [0.05, 0.1) is 11.4 Å². The maximum absolute atomic E-state index is 12.7. The van der Waals surface area contributed by atoms with Gasteiger partial charge in [-0.05, 0) is 30.7 Å². The van der Waals surface area contributed by atoms with Crippen molar-refractivity contribution in [3.63, 3.8) is 0 Å². The number of amides is 3. The SMILES string of the molecule is Cc1ccccc1-n1nc(C(C)(C)C)cc1NC(=O)CN(C)C(=O)Nc1ccccc1. The molecule has 7 heteroatoms. The number of urea groups is 1. The molecule has 0 unspecified atom stereocenters. The number of nitrogens with zero attached hydrogens (tertiary/aromatic N) is 3. The van der Waals surface area contributed by atoms with Crippen LogP contribution in [0, 0.1) is 6.92 Å². The van der Waals surface area contributed by atoms with Gasteiger partial charge in [0.15, 0.2) is 0 Å². The Morgan fingerprint density at radius 1 is 1.00 bits per heavy atom. The Labute approximate surface area is 183 Å². The number of carbonyl (C=O) groups excluding carboxylic acids is 2. The van der Waals surface area contributed by atoms with Crippen molar-refractivity contribution in [3.8, 4) is 5.69 Å². The lowest BCUT2D eigenvalue weighted by Crippen LogP contribution is -2.37. The second-order valence-electron chi connectivity index (χ2n) is 8.56. The second-order valence-corrected chi connectivity index (χ2v) is 8.56. The standard InChI is InChI=1S/C24H29N5O2/c1-17-11-9-10-14-19(17)29-21(15-20(27-29)24(2,3)4)26-22(30)16-28(5)23(31)25-18-12-7-6-8-13-18/h6-15H,16H2,1-5H3,(H,25,31)(H,26,30). The molecule has 0 atom stereocenters. The Hall–Kier alpha value is -3.61. The van der Waals surface area contributed by atoms with Gasteiger partial charge in [-0.1, -0.05) is 57.2 Å². The van der Waals surface area contributed by atoms with Crippen LogP contribution < -0.4 is 10.6 Å². The van der Waals surface area contributed by atoms with Crippen LogP contribution in [0.15, 0.2) is 60.7 Å². The number of carbonyl (C=O) groups is 2. The van der Waals surface area contributed by atoms with Crippen LogP contribution in [-0.4, -0.2) is 40.2 Å². The van der Waals surface area contributed by atoms with E-state index in [4.69, 9.17) is 5.10 Å². The van der Waals surface area contributed by atoms with Crippen LogP contribution in [-0.2, 0) is 10.2 Å². The number of aryl methyl sites for hydroxylation is 1. The van der Waals surface area contributed by atoms with Crippen molar-refractivity contribution in [2.24, 2.45) is 0 Å². The van der Waals surface area contributed by atoms with Gasteiger partial charge in [0.2, 0.25) is 5.91 Å². The van der Waals surface area contributed by atoms with Crippen LogP contribution in [0.1, 0.15) is 32.0 Å². The van der Waals surface area contributed by atoms with Crippen LogP contribution in [0.3, 0.4) is 0 Å². The fraction of sp³-hybridized carbons (Fsp3) is 0.292. The highest BCUT2D eigenvalue weighted by Gasteiger charge is 2.22. The number of rotatable bonds is 5. The highest BCUT2D eigenvalue weighted by Crippen LogP contribution is 2.27. The lowest BCUT2D eigenvalue weighted by Gasteiger charge is -2.18. The third-order valence-electron chi connectivity index (χ3n) is 4.84. The van der Waals surface area contributed by atoms with Gasteiger partial charge >= 0.3 is 6.03 Å². The van der Waals surface area contributed by atoms with E-state index in [-0.39, 0.29) is 23.9 Å². The van der Waals surface area contributed by atoms with E-state index in [2.05, 4.69) is 31.4 Å². The van der Waals surface area contributed by atoms with Crippen molar-refractivity contribution >= 4 is 23.4 Å². The minimum Gasteiger partial charge on any atom is -0.318 e. The number of likely N-dealkylation sites (N-methyl/N-ethyl adjacent to an activating group) is 1. The highest BCUT2D eigenvalue weighted by molar-refractivity contribution is 5.96. The van der Waals surface area contributed by atoms with Crippen LogP contribution in [0.2, 0.25) is 0 Å². The molecule has 0 aliphatic rings. The molecule has 2 aromatic carbocycles.